The lowest BCUT2D eigenvalue weighted by Crippen LogP contribution is -2.36. The van der Waals surface area contributed by atoms with Crippen LogP contribution in [-0.4, -0.2) is 16.2 Å². The number of para-hydroxylation sites is 2. The van der Waals surface area contributed by atoms with Crippen LogP contribution in [0.2, 0.25) is 0 Å². The molecule has 0 saturated heterocycles. The van der Waals surface area contributed by atoms with Crippen LogP contribution in [0.3, 0.4) is 0 Å². The predicted octanol–water partition coefficient (Wildman–Crippen LogP) is 10.8. The molecule has 9 aromatic rings. The maximum Gasteiger partial charge on any atom is 0.170 e. The topological polar surface area (TPSA) is 54.8 Å². The first-order valence-corrected chi connectivity index (χ1v) is 16.9. The molecule has 3 heterocycles. The van der Waals surface area contributed by atoms with E-state index in [0.29, 0.717) is 0 Å². The van der Waals surface area contributed by atoms with Crippen molar-refractivity contribution in [2.24, 2.45) is 9.98 Å². The van der Waals surface area contributed by atoms with Gasteiger partial charge in [0.2, 0.25) is 0 Å². The molecule has 2 aromatic heterocycles. The van der Waals surface area contributed by atoms with Crippen molar-refractivity contribution in [1.29, 1.82) is 0 Å². The molecule has 0 fully saturated rings. The van der Waals surface area contributed by atoms with Crippen molar-refractivity contribution < 1.29 is 4.42 Å². The van der Waals surface area contributed by atoms with Gasteiger partial charge in [-0.2, -0.15) is 0 Å². The molecule has 5 nitrogen and oxygen atoms in total. The van der Waals surface area contributed by atoms with Crippen LogP contribution in [0.5, 0.6) is 0 Å². The van der Waals surface area contributed by atoms with Gasteiger partial charge in [-0.3, -0.25) is 0 Å². The number of aliphatic imine (C=N–C) groups is 2. The Morgan fingerprint density at radius 3 is 1.78 bits per heavy atom. The first-order valence-electron chi connectivity index (χ1n) is 16.9. The fourth-order valence-electron chi connectivity index (χ4n) is 7.33. The van der Waals surface area contributed by atoms with Crippen molar-refractivity contribution in [1.82, 2.24) is 9.88 Å². The van der Waals surface area contributed by atoms with Crippen LogP contribution < -0.4 is 5.32 Å². The highest BCUT2D eigenvalue weighted by Gasteiger charge is 2.24. The average Bonchev–Trinajstić information content (AvgIpc) is 3.74. The monoisotopic (exact) mass is 642 g/mol. The summed E-state index contributed by atoms with van der Waals surface area (Å²) in [6.45, 7) is 0. The first-order chi connectivity index (χ1) is 24.8. The van der Waals surface area contributed by atoms with Crippen molar-refractivity contribution in [3.05, 3.63) is 187 Å². The minimum Gasteiger partial charge on any atom is -0.456 e. The third-order valence-electron chi connectivity index (χ3n) is 9.66. The van der Waals surface area contributed by atoms with E-state index in [-0.39, 0.29) is 0 Å². The summed E-state index contributed by atoms with van der Waals surface area (Å²) in [5.74, 6) is 1.58. The number of aromatic nitrogens is 1. The number of nitrogens with one attached hydrogen (secondary N) is 1. The minimum absolute atomic E-state index is 0.451. The summed E-state index contributed by atoms with van der Waals surface area (Å²) < 4.78 is 8.93. The number of rotatable bonds is 5. The normalized spacial score (nSPS) is 13.5. The summed E-state index contributed by atoms with van der Waals surface area (Å²) in [6.07, 6.45) is -0.451. The zero-order chi connectivity index (χ0) is 33.0. The Hall–Kier alpha value is -6.72. The van der Waals surface area contributed by atoms with Crippen molar-refractivity contribution in [3.63, 3.8) is 0 Å². The zero-order valence-electron chi connectivity index (χ0n) is 27.0. The number of fused-ring (bicyclic) bond motifs is 6. The third-order valence-corrected chi connectivity index (χ3v) is 9.66. The van der Waals surface area contributed by atoms with Crippen LogP contribution in [0, 0.1) is 0 Å². The van der Waals surface area contributed by atoms with Gasteiger partial charge in [-0.05, 0) is 53.6 Å². The van der Waals surface area contributed by atoms with Gasteiger partial charge in [-0.15, -0.1) is 0 Å². The number of furan rings is 1. The van der Waals surface area contributed by atoms with Crippen LogP contribution in [0.4, 0.5) is 0 Å². The van der Waals surface area contributed by atoms with E-state index in [0.717, 1.165) is 67.1 Å². The largest absolute Gasteiger partial charge is 0.456 e. The maximum absolute atomic E-state index is 6.58. The average molecular weight is 643 g/mol. The van der Waals surface area contributed by atoms with E-state index in [2.05, 4.69) is 131 Å². The Morgan fingerprint density at radius 1 is 0.460 bits per heavy atom. The van der Waals surface area contributed by atoms with E-state index < -0.39 is 6.17 Å². The van der Waals surface area contributed by atoms with Gasteiger partial charge in [0.25, 0.3) is 0 Å². The van der Waals surface area contributed by atoms with Crippen molar-refractivity contribution in [2.75, 3.05) is 0 Å². The van der Waals surface area contributed by atoms with Crippen molar-refractivity contribution >= 4 is 55.4 Å². The number of nitrogens with zero attached hydrogens (tertiary/aromatic N) is 3. The van der Waals surface area contributed by atoms with Gasteiger partial charge >= 0.3 is 0 Å². The fourth-order valence-corrected chi connectivity index (χ4v) is 7.33. The lowest BCUT2D eigenvalue weighted by atomic mass is 9.99. The Morgan fingerprint density at radius 2 is 1.06 bits per heavy atom. The van der Waals surface area contributed by atoms with Gasteiger partial charge in [0.1, 0.15) is 22.8 Å². The molecule has 5 heteroatoms. The number of amidine groups is 2. The molecular formula is C45H30N4O. The Labute approximate surface area is 288 Å². The fraction of sp³-hybridized carbons (Fsp3) is 0.0222. The summed E-state index contributed by atoms with van der Waals surface area (Å²) >= 11 is 0. The summed E-state index contributed by atoms with van der Waals surface area (Å²) in [5.41, 5.74) is 10.4. The molecule has 0 bridgehead atoms. The predicted molar refractivity (Wildman–Crippen MR) is 205 cm³/mol. The molecule has 1 aliphatic rings. The third kappa shape index (κ3) is 4.63. The molecule has 1 N–H and O–H groups in total. The molecule has 0 aliphatic carbocycles. The standard InChI is InChI=1S/C45H30N4O/c1-4-13-29(14-5-1)43-46-44(30-15-6-2-7-16-30)48-45(47-43)37-20-12-22-40-42(37)36-26-24-32(28-41(36)50-40)31-23-25-35-34-19-10-11-21-38(34)49(39(35)27-31)33-17-8-3-9-18-33/h1-28,45H,(H,46,47,48). The summed E-state index contributed by atoms with van der Waals surface area (Å²) in [7, 11) is 0. The van der Waals surface area contributed by atoms with Crippen LogP contribution in [0.1, 0.15) is 22.9 Å². The lowest BCUT2D eigenvalue weighted by molar-refractivity contribution is 0.668. The smallest absolute Gasteiger partial charge is 0.170 e. The van der Waals surface area contributed by atoms with E-state index in [1.54, 1.807) is 0 Å². The summed E-state index contributed by atoms with van der Waals surface area (Å²) in [6, 6.07) is 59.1. The van der Waals surface area contributed by atoms with Crippen molar-refractivity contribution in [3.8, 4) is 16.8 Å². The molecule has 0 amide bonds. The molecule has 0 saturated carbocycles. The highest BCUT2D eigenvalue weighted by Crippen LogP contribution is 2.40. The van der Waals surface area contributed by atoms with Crippen LogP contribution in [0.25, 0.3) is 60.6 Å². The van der Waals surface area contributed by atoms with E-state index in [1.165, 1.54) is 21.8 Å². The van der Waals surface area contributed by atoms with Crippen LogP contribution in [0.15, 0.2) is 184 Å². The molecule has 0 spiro atoms. The Bertz CT molecular complexity index is 2720. The highest BCUT2D eigenvalue weighted by atomic mass is 16.3. The Balaban J connectivity index is 1.11. The molecule has 50 heavy (non-hydrogen) atoms. The highest BCUT2D eigenvalue weighted by molar-refractivity contribution is 6.16. The molecule has 7 aromatic carbocycles. The quantitative estimate of drug-likeness (QED) is 0.203. The first kappa shape index (κ1) is 28.3. The van der Waals surface area contributed by atoms with Crippen LogP contribution in [-0.2, 0) is 0 Å². The SMILES string of the molecule is c1ccc(C2=NC(c3cccc4oc5cc(-c6ccc7c8ccccc8n(-c8ccccc8)c7c6)ccc5c34)N=C(c3ccccc3)N2)cc1. The second kappa shape index (κ2) is 11.5. The molecule has 236 valence electrons. The molecule has 0 atom stereocenters. The summed E-state index contributed by atoms with van der Waals surface area (Å²) in [5, 5.41) is 8.06. The molecule has 0 radical (unpaired) electrons. The lowest BCUT2D eigenvalue weighted by Gasteiger charge is -2.22. The number of benzene rings is 7. The van der Waals surface area contributed by atoms with Gasteiger partial charge in [0.05, 0.1) is 11.0 Å². The van der Waals surface area contributed by atoms with E-state index in [9.17, 15) is 0 Å². The number of hydrogen-bond donors (Lipinski definition) is 1. The number of hydrogen-bond acceptors (Lipinski definition) is 4. The minimum atomic E-state index is -0.451. The van der Waals surface area contributed by atoms with E-state index in [1.807, 2.05) is 48.5 Å². The van der Waals surface area contributed by atoms with Crippen molar-refractivity contribution in [2.45, 2.75) is 6.17 Å². The zero-order valence-corrected chi connectivity index (χ0v) is 27.0. The molecular weight excluding hydrogens is 613 g/mol. The summed E-state index contributed by atoms with van der Waals surface area (Å²) in [4.78, 5) is 10.3. The second-order valence-corrected chi connectivity index (χ2v) is 12.6. The maximum atomic E-state index is 6.58. The van der Waals surface area contributed by atoms with Gasteiger partial charge in [-0.25, -0.2) is 9.98 Å². The van der Waals surface area contributed by atoms with Gasteiger partial charge in [0.15, 0.2) is 6.17 Å². The molecule has 1 aliphatic heterocycles. The Kier molecular flexibility index (Phi) is 6.49. The van der Waals surface area contributed by atoms with E-state index in [4.69, 9.17) is 14.4 Å². The molecule has 0 unspecified atom stereocenters. The second-order valence-electron chi connectivity index (χ2n) is 12.6. The molecule has 10 rings (SSSR count). The van der Waals surface area contributed by atoms with Gasteiger partial charge < -0.3 is 14.3 Å². The van der Waals surface area contributed by atoms with Gasteiger partial charge in [-0.1, -0.05) is 127 Å². The van der Waals surface area contributed by atoms with Crippen LogP contribution >= 0.6 is 0 Å². The van der Waals surface area contributed by atoms with Gasteiger partial charge in [0, 0.05) is 43.9 Å². The van der Waals surface area contributed by atoms with E-state index >= 15 is 0 Å².